The van der Waals surface area contributed by atoms with Gasteiger partial charge in [-0.25, -0.2) is 0 Å². The summed E-state index contributed by atoms with van der Waals surface area (Å²) in [4.78, 5) is 122. The molecule has 6 atom stereocenters. The maximum atomic E-state index is 14.3. The van der Waals surface area contributed by atoms with E-state index in [0.717, 1.165) is 10.9 Å². The van der Waals surface area contributed by atoms with Gasteiger partial charge in [0.25, 0.3) is 0 Å². The van der Waals surface area contributed by atoms with Crippen molar-refractivity contribution in [3.05, 3.63) is 102 Å². The highest BCUT2D eigenvalue weighted by Gasteiger charge is 2.33. The molecule has 1 heterocycles. The van der Waals surface area contributed by atoms with Gasteiger partial charge in [0.15, 0.2) is 0 Å². The van der Waals surface area contributed by atoms with Gasteiger partial charge in [-0.2, -0.15) is 31.9 Å². The van der Waals surface area contributed by atoms with Crippen LogP contribution < -0.4 is 47.1 Å². The molecular formula is C47H59N9O14S3. The fraction of sp³-hybridized carbons (Fsp3) is 0.383. The maximum Gasteiger partial charge on any atom is 0.446 e. The Morgan fingerprint density at radius 3 is 1.71 bits per heavy atom. The molecule has 1 aromatic heterocycles. The maximum absolute atomic E-state index is 14.3. The molecule has 0 aliphatic heterocycles. The highest BCUT2D eigenvalue weighted by Crippen LogP contribution is 2.20. The van der Waals surface area contributed by atoms with Crippen LogP contribution >= 0.6 is 23.5 Å². The first-order valence-electron chi connectivity index (χ1n) is 22.6. The fourth-order valence-electron chi connectivity index (χ4n) is 7.31. The molecule has 3 aromatic carbocycles. The molecule has 0 saturated heterocycles. The topological polar surface area (TPSA) is 363 Å². The van der Waals surface area contributed by atoms with Gasteiger partial charge in [0.1, 0.15) is 42.0 Å². The van der Waals surface area contributed by atoms with Gasteiger partial charge in [0, 0.05) is 43.3 Å². The number of primary amides is 1. The van der Waals surface area contributed by atoms with Gasteiger partial charge in [-0.05, 0) is 71.7 Å². The summed E-state index contributed by atoms with van der Waals surface area (Å²) >= 11 is 2.70. The van der Waals surface area contributed by atoms with Crippen LogP contribution in [0.4, 0.5) is 0 Å². The molecule has 0 spiro atoms. The summed E-state index contributed by atoms with van der Waals surface area (Å²) in [5.41, 5.74) is 7.98. The molecule has 4 aromatic rings. The quantitative estimate of drug-likeness (QED) is 0.0304. The second-order valence-corrected chi connectivity index (χ2v) is 19.5. The lowest BCUT2D eigenvalue weighted by molar-refractivity contribution is -0.141. The Bertz CT molecular complexity index is 2690. The van der Waals surface area contributed by atoms with Crippen molar-refractivity contribution in [2.75, 3.05) is 30.6 Å². The third-order valence-corrected chi connectivity index (χ3v) is 12.6. The largest absolute Gasteiger partial charge is 0.481 e. The zero-order valence-electron chi connectivity index (χ0n) is 40.0. The Morgan fingerprint density at radius 1 is 0.630 bits per heavy atom. The number of thioether (sulfide) groups is 2. The van der Waals surface area contributed by atoms with Crippen LogP contribution in [0.25, 0.3) is 10.9 Å². The smallest absolute Gasteiger partial charge is 0.446 e. The number of carboxylic acids is 1. The number of aromatic amines is 1. The number of benzene rings is 3. The Kier molecular flexibility index (Phi) is 23.0. The minimum absolute atomic E-state index is 0.00782. The van der Waals surface area contributed by atoms with E-state index in [1.807, 2.05) is 0 Å². The predicted molar refractivity (Wildman–Crippen MR) is 272 cm³/mol. The van der Waals surface area contributed by atoms with E-state index >= 15 is 0 Å². The third-order valence-electron chi connectivity index (χ3n) is 10.9. The minimum atomic E-state index is -4.79. The van der Waals surface area contributed by atoms with Crippen molar-refractivity contribution >= 4 is 98.1 Å². The van der Waals surface area contributed by atoms with Gasteiger partial charge in [0.05, 0.1) is 13.0 Å². The second kappa shape index (κ2) is 28.8. The van der Waals surface area contributed by atoms with E-state index < -0.39 is 113 Å². The molecular weight excluding hydrogens is 1010 g/mol. The van der Waals surface area contributed by atoms with Crippen LogP contribution in [0.1, 0.15) is 42.9 Å². The molecule has 12 N–H and O–H groups in total. The fourth-order valence-corrected chi connectivity index (χ4v) is 8.61. The number of nitrogens with two attached hydrogens (primary N) is 1. The Hall–Kier alpha value is -7.16. The number of carboxylic acid groups (broad SMARTS) is 1. The molecule has 0 aliphatic carbocycles. The predicted octanol–water partition coefficient (Wildman–Crippen LogP) is -0.111. The van der Waals surface area contributed by atoms with Crippen LogP contribution in [0.3, 0.4) is 0 Å². The molecule has 23 nitrogen and oxygen atoms in total. The van der Waals surface area contributed by atoms with Gasteiger partial charge >= 0.3 is 16.4 Å². The molecule has 0 bridgehead atoms. The molecule has 26 heteroatoms. The second-order valence-electron chi connectivity index (χ2n) is 16.5. The van der Waals surface area contributed by atoms with Gasteiger partial charge < -0.3 is 57.2 Å². The van der Waals surface area contributed by atoms with Crippen molar-refractivity contribution in [2.45, 2.75) is 81.7 Å². The van der Waals surface area contributed by atoms with Crippen LogP contribution in [0, 0.1) is 0 Å². The highest BCUT2D eigenvalue weighted by atomic mass is 32.3. The summed E-state index contributed by atoms with van der Waals surface area (Å²) in [5, 5.41) is 28.1. The highest BCUT2D eigenvalue weighted by molar-refractivity contribution is 7.98. The molecule has 0 fully saturated rings. The summed E-state index contributed by atoms with van der Waals surface area (Å²) < 4.78 is 35.6. The van der Waals surface area contributed by atoms with E-state index in [-0.39, 0.29) is 37.9 Å². The van der Waals surface area contributed by atoms with Gasteiger partial charge in [-0.15, -0.1) is 0 Å². The number of H-pyrrole nitrogens is 1. The molecule has 0 saturated carbocycles. The third kappa shape index (κ3) is 20.1. The summed E-state index contributed by atoms with van der Waals surface area (Å²) in [6.07, 6.45) is 4.09. The molecule has 0 aliphatic rings. The van der Waals surface area contributed by atoms with Crippen molar-refractivity contribution in [1.82, 2.24) is 42.2 Å². The number of hydrogen-bond donors (Lipinski definition) is 11. The number of hydrogen-bond acceptors (Lipinski definition) is 14. The SMILES string of the molecule is CSCC[C@H](NC(=O)[C@H](Cc1ccc(OS(=O)(=O)O)cc1)NC(C)=O)C(=O)NCC(=O)N[C@@H](Cc1c[nH]c2ccccc12)C(=O)N[C@@H](CCSC)C(=O)N[C@@H](CC(=O)O)C(=O)N[C@@H](Cc1ccccc1)C(N)=O. The van der Waals surface area contributed by atoms with E-state index in [0.29, 0.717) is 28.2 Å². The lowest BCUT2D eigenvalue weighted by Crippen LogP contribution is -2.59. The minimum Gasteiger partial charge on any atom is -0.481 e. The van der Waals surface area contributed by atoms with Gasteiger partial charge in [-0.1, -0.05) is 60.7 Å². The van der Waals surface area contributed by atoms with Crippen molar-refractivity contribution in [3.63, 3.8) is 0 Å². The number of aromatic nitrogens is 1. The summed E-state index contributed by atoms with van der Waals surface area (Å²) in [6, 6.07) is 12.8. The van der Waals surface area contributed by atoms with Gasteiger partial charge in [0.2, 0.25) is 47.3 Å². The molecule has 394 valence electrons. The Morgan fingerprint density at radius 2 is 1.14 bits per heavy atom. The van der Waals surface area contributed by atoms with Crippen molar-refractivity contribution in [2.24, 2.45) is 5.73 Å². The number of rotatable bonds is 30. The number of fused-ring (bicyclic) bond motifs is 1. The van der Waals surface area contributed by atoms with Crippen LogP contribution in [0.2, 0.25) is 0 Å². The van der Waals surface area contributed by atoms with Crippen LogP contribution in [-0.2, 0) is 72.8 Å². The lowest BCUT2D eigenvalue weighted by Gasteiger charge is -2.26. The molecule has 0 unspecified atom stereocenters. The molecule has 73 heavy (non-hydrogen) atoms. The number of para-hydroxylation sites is 1. The molecule has 4 rings (SSSR count). The van der Waals surface area contributed by atoms with Crippen LogP contribution in [0.15, 0.2) is 85.1 Å². The number of aliphatic carboxylic acids is 1. The monoisotopic (exact) mass is 1070 g/mol. The number of carbonyl (C=O) groups is 9. The number of carbonyl (C=O) groups excluding carboxylic acids is 8. The zero-order valence-corrected chi connectivity index (χ0v) is 42.5. The Balaban J connectivity index is 1.51. The number of nitrogens with one attached hydrogen (secondary N) is 8. The average molecular weight is 1070 g/mol. The number of amides is 8. The zero-order chi connectivity index (χ0) is 53.7. The average Bonchev–Trinajstić information content (AvgIpc) is 3.74. The molecule has 8 amide bonds. The van der Waals surface area contributed by atoms with Gasteiger partial charge in [-0.3, -0.25) is 47.7 Å². The normalized spacial score (nSPS) is 13.6. The van der Waals surface area contributed by atoms with E-state index in [4.69, 9.17) is 10.3 Å². The van der Waals surface area contributed by atoms with Crippen molar-refractivity contribution in [3.8, 4) is 5.75 Å². The first-order valence-corrected chi connectivity index (χ1v) is 26.7. The van der Waals surface area contributed by atoms with E-state index in [1.165, 1.54) is 54.7 Å². The van der Waals surface area contributed by atoms with E-state index in [2.05, 4.69) is 46.4 Å². The van der Waals surface area contributed by atoms with Crippen molar-refractivity contribution < 1.29 is 65.4 Å². The van der Waals surface area contributed by atoms with Crippen LogP contribution in [-0.4, -0.2) is 143 Å². The lowest BCUT2D eigenvalue weighted by atomic mass is 10.0. The van der Waals surface area contributed by atoms with Crippen LogP contribution in [0.5, 0.6) is 5.75 Å². The Labute approximate surface area is 429 Å². The van der Waals surface area contributed by atoms with E-state index in [9.17, 15) is 56.7 Å². The first-order chi connectivity index (χ1) is 34.7. The first kappa shape index (κ1) is 58.4. The molecule has 0 radical (unpaired) electrons. The summed E-state index contributed by atoms with van der Waals surface area (Å²) in [5.74, 6) is -7.64. The van der Waals surface area contributed by atoms with E-state index in [1.54, 1.807) is 73.3 Å². The summed E-state index contributed by atoms with van der Waals surface area (Å²) in [6.45, 7) is 0.496. The summed E-state index contributed by atoms with van der Waals surface area (Å²) in [7, 11) is -4.79. The van der Waals surface area contributed by atoms with Crippen molar-refractivity contribution in [1.29, 1.82) is 0 Å². The standard InChI is InChI=1S/C47H59N9O14S3/c1-27(57)51-37(22-29-13-15-31(16-14-29)70-73(67,68)69)45(64)53-34(17-19-71-2)43(62)50-26-40(58)52-38(23-30-25-49-33-12-8-7-11-32(30)33)46(65)54-35(18-20-72-3)44(63)56-39(24-41(59)60)47(66)55-36(42(48)61)21-28-9-5-4-6-10-28/h4-16,25,34-39,49H,17-24,26H2,1-3H3,(H2,48,61)(H,50,62)(H,51,57)(H,52,58)(H,53,64)(H,54,65)(H,55,66)(H,56,63)(H,59,60)(H,67,68,69)/t34-,35-,36-,37-,38-,39-/m0/s1.